The van der Waals surface area contributed by atoms with Crippen LogP contribution in [0.4, 0.5) is 4.79 Å². The van der Waals surface area contributed by atoms with Crippen LogP contribution in [-0.4, -0.2) is 67.1 Å². The van der Waals surface area contributed by atoms with Gasteiger partial charge in [-0.2, -0.15) is 0 Å². The van der Waals surface area contributed by atoms with E-state index in [0.717, 1.165) is 55.3 Å². The molecule has 1 aromatic carbocycles. The SMILES string of the molecule is COCCc1ccc2c(CCC3CCN(C(=O)O)CC3)noc2c1CN(C)C. The quantitative estimate of drug-likeness (QED) is 0.745. The number of aryl methyl sites for hydroxylation is 1. The Morgan fingerprint density at radius 3 is 2.71 bits per heavy atom. The van der Waals surface area contributed by atoms with Crippen LogP contribution in [0.15, 0.2) is 16.7 Å². The first-order valence-electron chi connectivity index (χ1n) is 10.00. The van der Waals surface area contributed by atoms with E-state index in [0.29, 0.717) is 25.6 Å². The van der Waals surface area contributed by atoms with Crippen molar-refractivity contribution in [2.45, 2.75) is 38.6 Å². The normalized spacial score (nSPS) is 15.6. The molecule has 0 radical (unpaired) electrons. The van der Waals surface area contributed by atoms with E-state index < -0.39 is 6.09 Å². The molecule has 0 spiro atoms. The first kappa shape index (κ1) is 20.6. The standard InChI is InChI=1S/C21H31N3O4/c1-23(2)14-18-16(10-13-27-3)5-6-17-19(22-28-20(17)18)7-4-15-8-11-24(12-9-15)21(25)26/h5-6,15H,4,7-14H2,1-3H3,(H,25,26). The molecule has 1 aliphatic heterocycles. The van der Waals surface area contributed by atoms with E-state index in [4.69, 9.17) is 14.4 Å². The Hall–Kier alpha value is -2.12. The van der Waals surface area contributed by atoms with Gasteiger partial charge >= 0.3 is 6.09 Å². The largest absolute Gasteiger partial charge is 0.465 e. The maximum Gasteiger partial charge on any atom is 0.407 e. The van der Waals surface area contributed by atoms with E-state index in [9.17, 15) is 4.79 Å². The Labute approximate surface area is 166 Å². The molecular weight excluding hydrogens is 358 g/mol. The number of piperidine rings is 1. The van der Waals surface area contributed by atoms with Crippen molar-refractivity contribution in [3.05, 3.63) is 29.0 Å². The van der Waals surface area contributed by atoms with Gasteiger partial charge in [0.25, 0.3) is 0 Å². The summed E-state index contributed by atoms with van der Waals surface area (Å²) >= 11 is 0. The van der Waals surface area contributed by atoms with Crippen LogP contribution in [-0.2, 0) is 24.1 Å². The molecule has 1 aliphatic rings. The van der Waals surface area contributed by atoms with Crippen LogP contribution in [0.1, 0.15) is 36.1 Å². The number of likely N-dealkylation sites (tertiary alicyclic amines) is 1. The summed E-state index contributed by atoms with van der Waals surface area (Å²) in [5, 5.41) is 14.6. The Morgan fingerprint density at radius 2 is 2.07 bits per heavy atom. The first-order valence-corrected chi connectivity index (χ1v) is 10.00. The zero-order valence-corrected chi connectivity index (χ0v) is 17.1. The summed E-state index contributed by atoms with van der Waals surface area (Å²) in [6.45, 7) is 2.76. The number of aromatic nitrogens is 1. The van der Waals surface area contributed by atoms with Crippen LogP contribution in [0.3, 0.4) is 0 Å². The van der Waals surface area contributed by atoms with E-state index in [1.165, 1.54) is 16.0 Å². The summed E-state index contributed by atoms with van der Waals surface area (Å²) in [4.78, 5) is 14.7. The molecule has 0 bridgehead atoms. The molecule has 3 rings (SSSR count). The molecule has 1 amide bonds. The van der Waals surface area contributed by atoms with Crippen LogP contribution in [0, 0.1) is 5.92 Å². The highest BCUT2D eigenvalue weighted by molar-refractivity contribution is 5.83. The number of benzene rings is 1. The Bertz CT molecular complexity index is 794. The van der Waals surface area contributed by atoms with Crippen molar-refractivity contribution in [3.63, 3.8) is 0 Å². The number of rotatable bonds is 8. The second-order valence-corrected chi connectivity index (χ2v) is 7.94. The zero-order valence-electron chi connectivity index (χ0n) is 17.1. The highest BCUT2D eigenvalue weighted by Gasteiger charge is 2.23. The van der Waals surface area contributed by atoms with E-state index in [-0.39, 0.29) is 0 Å². The number of fused-ring (bicyclic) bond motifs is 1. The number of hydrogen-bond donors (Lipinski definition) is 1. The molecule has 1 fully saturated rings. The third kappa shape index (κ3) is 4.83. The number of amides is 1. The summed E-state index contributed by atoms with van der Waals surface area (Å²) in [6.07, 6.45) is 3.78. The Morgan fingerprint density at radius 1 is 1.32 bits per heavy atom. The summed E-state index contributed by atoms with van der Waals surface area (Å²) in [5.41, 5.74) is 4.33. The molecular formula is C21H31N3O4. The minimum Gasteiger partial charge on any atom is -0.465 e. The van der Waals surface area contributed by atoms with Crippen LogP contribution in [0.25, 0.3) is 11.0 Å². The fraction of sp³-hybridized carbons (Fsp3) is 0.619. The molecule has 2 aromatic rings. The summed E-state index contributed by atoms with van der Waals surface area (Å²) in [7, 11) is 5.83. The lowest BCUT2D eigenvalue weighted by Crippen LogP contribution is -2.37. The third-order valence-electron chi connectivity index (χ3n) is 5.64. The van der Waals surface area contributed by atoms with Crippen LogP contribution < -0.4 is 0 Å². The monoisotopic (exact) mass is 389 g/mol. The van der Waals surface area contributed by atoms with Crippen LogP contribution >= 0.6 is 0 Å². The average molecular weight is 389 g/mol. The Kier molecular flexibility index (Phi) is 6.91. The molecule has 2 heterocycles. The second kappa shape index (κ2) is 9.39. The van der Waals surface area contributed by atoms with Crippen molar-refractivity contribution < 1.29 is 19.2 Å². The minimum atomic E-state index is -0.807. The van der Waals surface area contributed by atoms with Crippen LogP contribution in [0.2, 0.25) is 0 Å². The van der Waals surface area contributed by atoms with Gasteiger partial charge in [-0.1, -0.05) is 11.2 Å². The Balaban J connectivity index is 1.71. The third-order valence-corrected chi connectivity index (χ3v) is 5.64. The van der Waals surface area contributed by atoms with E-state index in [2.05, 4.69) is 36.3 Å². The maximum absolute atomic E-state index is 11.0. The molecule has 154 valence electrons. The van der Waals surface area contributed by atoms with Gasteiger partial charge in [0.15, 0.2) is 5.58 Å². The number of carbonyl (C=O) groups is 1. The van der Waals surface area contributed by atoms with Crippen molar-refractivity contribution >= 4 is 17.1 Å². The highest BCUT2D eigenvalue weighted by atomic mass is 16.5. The maximum atomic E-state index is 11.0. The predicted octanol–water partition coefficient (Wildman–Crippen LogP) is 3.40. The summed E-state index contributed by atoms with van der Waals surface area (Å²) in [6, 6.07) is 4.30. The summed E-state index contributed by atoms with van der Waals surface area (Å²) in [5.74, 6) is 0.546. The van der Waals surface area contributed by atoms with E-state index in [1.54, 1.807) is 7.11 Å². The molecule has 1 N–H and O–H groups in total. The van der Waals surface area contributed by atoms with Gasteiger partial charge in [0, 0.05) is 37.7 Å². The number of carboxylic acid groups (broad SMARTS) is 1. The lowest BCUT2D eigenvalue weighted by atomic mass is 9.91. The van der Waals surface area contributed by atoms with Gasteiger partial charge in [0.1, 0.15) is 0 Å². The second-order valence-electron chi connectivity index (χ2n) is 7.94. The zero-order chi connectivity index (χ0) is 20.1. The van der Waals surface area contributed by atoms with Gasteiger partial charge < -0.3 is 24.2 Å². The molecule has 1 aromatic heterocycles. The average Bonchev–Trinajstić information content (AvgIpc) is 3.09. The molecule has 28 heavy (non-hydrogen) atoms. The predicted molar refractivity (Wildman–Crippen MR) is 108 cm³/mol. The molecule has 7 heteroatoms. The van der Waals surface area contributed by atoms with E-state index in [1.807, 2.05) is 0 Å². The van der Waals surface area contributed by atoms with E-state index >= 15 is 0 Å². The molecule has 0 aliphatic carbocycles. The lowest BCUT2D eigenvalue weighted by Gasteiger charge is -2.29. The fourth-order valence-corrected chi connectivity index (χ4v) is 4.02. The van der Waals surface area contributed by atoms with Crippen molar-refractivity contribution in [2.75, 3.05) is 40.9 Å². The topological polar surface area (TPSA) is 79.0 Å². The fourth-order valence-electron chi connectivity index (χ4n) is 4.02. The van der Waals surface area contributed by atoms with Gasteiger partial charge in [0.2, 0.25) is 0 Å². The van der Waals surface area contributed by atoms with Gasteiger partial charge in [-0.05, 0) is 63.7 Å². The smallest absolute Gasteiger partial charge is 0.407 e. The number of methoxy groups -OCH3 is 1. The highest BCUT2D eigenvalue weighted by Crippen LogP contribution is 2.29. The molecule has 7 nitrogen and oxygen atoms in total. The number of nitrogens with zero attached hydrogens (tertiary/aromatic N) is 3. The van der Waals surface area contributed by atoms with Gasteiger partial charge in [0.05, 0.1) is 12.3 Å². The van der Waals surface area contributed by atoms with Gasteiger partial charge in [-0.3, -0.25) is 0 Å². The molecule has 0 unspecified atom stereocenters. The van der Waals surface area contributed by atoms with Crippen molar-refractivity contribution in [1.29, 1.82) is 0 Å². The van der Waals surface area contributed by atoms with Crippen molar-refractivity contribution in [1.82, 2.24) is 15.0 Å². The molecule has 0 atom stereocenters. The van der Waals surface area contributed by atoms with Gasteiger partial charge in [-0.15, -0.1) is 0 Å². The molecule has 1 saturated heterocycles. The lowest BCUT2D eigenvalue weighted by molar-refractivity contribution is 0.123. The van der Waals surface area contributed by atoms with Gasteiger partial charge in [-0.25, -0.2) is 4.79 Å². The molecule has 0 saturated carbocycles. The van der Waals surface area contributed by atoms with Crippen molar-refractivity contribution in [3.8, 4) is 0 Å². The first-order chi connectivity index (χ1) is 13.5. The minimum absolute atomic E-state index is 0.546. The van der Waals surface area contributed by atoms with Crippen molar-refractivity contribution in [2.24, 2.45) is 5.92 Å². The number of hydrogen-bond acceptors (Lipinski definition) is 5. The number of ether oxygens (including phenoxy) is 1. The van der Waals surface area contributed by atoms with Crippen LogP contribution in [0.5, 0.6) is 0 Å². The summed E-state index contributed by atoms with van der Waals surface area (Å²) < 4.78 is 11.0.